The van der Waals surface area contributed by atoms with Crippen molar-refractivity contribution in [2.75, 3.05) is 13.1 Å². The van der Waals surface area contributed by atoms with Gasteiger partial charge in [0.25, 0.3) is 5.91 Å². The number of piperidine rings is 1. The van der Waals surface area contributed by atoms with Gasteiger partial charge < -0.3 is 10.1 Å². The Morgan fingerprint density at radius 1 is 1.10 bits per heavy atom. The van der Waals surface area contributed by atoms with Gasteiger partial charge in [0.15, 0.2) is 6.10 Å². The highest BCUT2D eigenvalue weighted by molar-refractivity contribution is 7.89. The zero-order valence-electron chi connectivity index (χ0n) is 16.5. The van der Waals surface area contributed by atoms with Gasteiger partial charge in [-0.2, -0.15) is 4.31 Å². The van der Waals surface area contributed by atoms with E-state index in [1.807, 2.05) is 0 Å². The molecule has 1 unspecified atom stereocenters. The molecule has 1 aromatic rings. The molecule has 1 aromatic carbocycles. The highest BCUT2D eigenvalue weighted by Gasteiger charge is 2.34. The maximum absolute atomic E-state index is 13.0. The van der Waals surface area contributed by atoms with E-state index in [1.165, 1.54) is 23.4 Å². The van der Waals surface area contributed by atoms with Gasteiger partial charge in [-0.05, 0) is 56.9 Å². The molecule has 2 fully saturated rings. The van der Waals surface area contributed by atoms with Gasteiger partial charge in [-0.15, -0.1) is 0 Å². The molecule has 164 valence electrons. The zero-order valence-corrected chi connectivity index (χ0v) is 17.3. The first-order valence-electron chi connectivity index (χ1n) is 9.74. The Morgan fingerprint density at radius 2 is 1.70 bits per heavy atom. The van der Waals surface area contributed by atoms with Crippen molar-refractivity contribution in [1.82, 2.24) is 14.9 Å². The largest absolute Gasteiger partial charge is 0.452 e. The van der Waals surface area contributed by atoms with Crippen LogP contribution in [0.15, 0.2) is 29.2 Å². The summed E-state index contributed by atoms with van der Waals surface area (Å²) in [6, 6.07) is 4.02. The molecule has 1 saturated heterocycles. The maximum atomic E-state index is 13.0. The Balaban J connectivity index is 1.47. The van der Waals surface area contributed by atoms with Gasteiger partial charge in [-0.25, -0.2) is 17.6 Å². The monoisotopic (exact) mass is 441 g/mol. The van der Waals surface area contributed by atoms with Crippen LogP contribution >= 0.6 is 0 Å². The van der Waals surface area contributed by atoms with Crippen LogP contribution in [0, 0.1) is 11.7 Å². The summed E-state index contributed by atoms with van der Waals surface area (Å²) in [5.41, 5.74) is 0. The number of amides is 3. The fourth-order valence-corrected chi connectivity index (χ4v) is 4.54. The van der Waals surface area contributed by atoms with Crippen LogP contribution in [0.2, 0.25) is 0 Å². The molecule has 0 spiro atoms. The Kier molecular flexibility index (Phi) is 6.71. The predicted molar refractivity (Wildman–Crippen MR) is 103 cm³/mol. The lowest BCUT2D eigenvalue weighted by molar-refractivity contribution is -0.159. The van der Waals surface area contributed by atoms with Gasteiger partial charge in [0.2, 0.25) is 10.0 Å². The van der Waals surface area contributed by atoms with E-state index in [-0.39, 0.29) is 36.9 Å². The number of nitrogens with zero attached hydrogens (tertiary/aromatic N) is 1. The second-order valence-corrected chi connectivity index (χ2v) is 9.39. The van der Waals surface area contributed by atoms with Crippen LogP contribution in [0.5, 0.6) is 0 Å². The van der Waals surface area contributed by atoms with E-state index < -0.39 is 45.8 Å². The number of hydrogen-bond acceptors (Lipinski definition) is 6. The topological polar surface area (TPSA) is 122 Å². The SMILES string of the molecule is CC(OC(=O)C1CCN(S(=O)(=O)c2ccc(F)cc2)CC1)C(=O)NC(=O)NC1CC1. The number of halogens is 1. The fourth-order valence-electron chi connectivity index (χ4n) is 3.07. The summed E-state index contributed by atoms with van der Waals surface area (Å²) in [7, 11) is -3.78. The second-order valence-electron chi connectivity index (χ2n) is 7.45. The van der Waals surface area contributed by atoms with Crippen LogP contribution < -0.4 is 10.6 Å². The predicted octanol–water partition coefficient (Wildman–Crippen LogP) is 1.15. The molecule has 2 N–H and O–H groups in total. The van der Waals surface area contributed by atoms with Crippen molar-refractivity contribution >= 4 is 27.9 Å². The van der Waals surface area contributed by atoms with E-state index >= 15 is 0 Å². The molecule has 3 amide bonds. The minimum Gasteiger partial charge on any atom is -0.452 e. The van der Waals surface area contributed by atoms with Crippen molar-refractivity contribution < 1.29 is 31.9 Å². The molecular weight excluding hydrogens is 417 g/mol. The zero-order chi connectivity index (χ0) is 21.9. The van der Waals surface area contributed by atoms with Crippen LogP contribution in [0.4, 0.5) is 9.18 Å². The number of nitrogens with one attached hydrogen (secondary N) is 2. The van der Waals surface area contributed by atoms with Crippen LogP contribution in [0.25, 0.3) is 0 Å². The number of ether oxygens (including phenoxy) is 1. The van der Waals surface area contributed by atoms with Gasteiger partial charge >= 0.3 is 12.0 Å². The molecular formula is C19H24FN3O6S. The molecule has 1 atom stereocenters. The Hall–Kier alpha value is -2.53. The summed E-state index contributed by atoms with van der Waals surface area (Å²) < 4.78 is 44.7. The molecule has 1 aliphatic carbocycles. The van der Waals surface area contributed by atoms with Crippen molar-refractivity contribution in [2.45, 2.75) is 49.6 Å². The highest BCUT2D eigenvalue weighted by atomic mass is 32.2. The number of benzene rings is 1. The Bertz CT molecular complexity index is 909. The number of sulfonamides is 1. The third-order valence-corrected chi connectivity index (χ3v) is 6.96. The summed E-state index contributed by atoms with van der Waals surface area (Å²) in [5.74, 6) is -2.42. The molecule has 1 heterocycles. The third kappa shape index (κ3) is 5.54. The van der Waals surface area contributed by atoms with E-state index in [4.69, 9.17) is 4.74 Å². The van der Waals surface area contributed by atoms with Gasteiger partial charge in [0, 0.05) is 19.1 Å². The summed E-state index contributed by atoms with van der Waals surface area (Å²) in [5, 5.41) is 4.73. The molecule has 1 aliphatic heterocycles. The normalized spacial score (nSPS) is 19.0. The molecule has 0 radical (unpaired) electrons. The lowest BCUT2D eigenvalue weighted by Crippen LogP contribution is -2.46. The Morgan fingerprint density at radius 3 is 2.27 bits per heavy atom. The average Bonchev–Trinajstić information content (AvgIpc) is 3.52. The van der Waals surface area contributed by atoms with Crippen molar-refractivity contribution in [3.05, 3.63) is 30.1 Å². The lowest BCUT2D eigenvalue weighted by atomic mass is 9.98. The molecule has 9 nitrogen and oxygen atoms in total. The van der Waals surface area contributed by atoms with E-state index in [1.54, 1.807) is 0 Å². The summed E-state index contributed by atoms with van der Waals surface area (Å²) >= 11 is 0. The van der Waals surface area contributed by atoms with E-state index in [0.717, 1.165) is 25.0 Å². The van der Waals surface area contributed by atoms with Crippen LogP contribution in [-0.4, -0.2) is 55.9 Å². The number of hydrogen-bond donors (Lipinski definition) is 2. The molecule has 11 heteroatoms. The molecule has 30 heavy (non-hydrogen) atoms. The number of esters is 1. The highest BCUT2D eigenvalue weighted by Crippen LogP contribution is 2.25. The minimum atomic E-state index is -3.78. The first-order chi connectivity index (χ1) is 14.2. The Labute approximate surface area is 174 Å². The standard InChI is InChI=1S/C19H24FN3O6S/c1-12(17(24)22-19(26)21-15-4-5-15)29-18(25)13-8-10-23(11-9-13)30(27,28)16-6-2-14(20)3-7-16/h2-3,6-7,12-13,15H,4-5,8-11H2,1H3,(H2,21,22,24,26). The number of rotatable bonds is 6. The van der Waals surface area contributed by atoms with Crippen LogP contribution in [0.1, 0.15) is 32.6 Å². The quantitative estimate of drug-likeness (QED) is 0.639. The number of carbonyl (C=O) groups is 3. The summed E-state index contributed by atoms with van der Waals surface area (Å²) in [6.07, 6.45) is 1.07. The van der Waals surface area contributed by atoms with E-state index in [0.29, 0.717) is 0 Å². The number of carbonyl (C=O) groups excluding carboxylic acids is 3. The number of urea groups is 1. The van der Waals surface area contributed by atoms with Crippen molar-refractivity contribution in [3.63, 3.8) is 0 Å². The van der Waals surface area contributed by atoms with E-state index in [2.05, 4.69) is 10.6 Å². The van der Waals surface area contributed by atoms with Crippen molar-refractivity contribution in [3.8, 4) is 0 Å². The van der Waals surface area contributed by atoms with Gasteiger partial charge in [0.05, 0.1) is 10.8 Å². The molecule has 3 rings (SSSR count). The lowest BCUT2D eigenvalue weighted by Gasteiger charge is -2.30. The van der Waals surface area contributed by atoms with Crippen LogP contribution in [-0.2, 0) is 24.3 Å². The van der Waals surface area contributed by atoms with Gasteiger partial charge in [-0.1, -0.05) is 0 Å². The van der Waals surface area contributed by atoms with Crippen molar-refractivity contribution in [1.29, 1.82) is 0 Å². The first-order valence-corrected chi connectivity index (χ1v) is 11.2. The second kappa shape index (κ2) is 9.09. The summed E-state index contributed by atoms with van der Waals surface area (Å²) in [4.78, 5) is 35.9. The fraction of sp³-hybridized carbons (Fsp3) is 0.526. The molecule has 1 saturated carbocycles. The molecule has 0 aromatic heterocycles. The minimum absolute atomic E-state index is 0.0142. The van der Waals surface area contributed by atoms with E-state index in [9.17, 15) is 27.2 Å². The van der Waals surface area contributed by atoms with Crippen LogP contribution in [0.3, 0.4) is 0 Å². The molecule has 0 bridgehead atoms. The smallest absolute Gasteiger partial charge is 0.321 e. The maximum Gasteiger partial charge on any atom is 0.321 e. The third-order valence-electron chi connectivity index (χ3n) is 5.05. The number of imide groups is 1. The first kappa shape index (κ1) is 22.2. The van der Waals surface area contributed by atoms with Gasteiger partial charge in [-0.3, -0.25) is 14.9 Å². The molecule has 2 aliphatic rings. The van der Waals surface area contributed by atoms with Gasteiger partial charge in [0.1, 0.15) is 5.82 Å². The summed E-state index contributed by atoms with van der Waals surface area (Å²) in [6.45, 7) is 1.57. The van der Waals surface area contributed by atoms with Crippen molar-refractivity contribution in [2.24, 2.45) is 5.92 Å². The average molecular weight is 441 g/mol.